The minimum atomic E-state index is -0.422. The summed E-state index contributed by atoms with van der Waals surface area (Å²) in [7, 11) is 0. The Morgan fingerprint density at radius 3 is 2.65 bits per heavy atom. The molecule has 4 nitrogen and oxygen atoms in total. The molecule has 1 aromatic carbocycles. The summed E-state index contributed by atoms with van der Waals surface area (Å²) in [4.78, 5) is 4.44. The minimum absolute atomic E-state index is 0. The van der Waals surface area contributed by atoms with Gasteiger partial charge in [-0.15, -0.1) is 12.4 Å². The van der Waals surface area contributed by atoms with Gasteiger partial charge in [0, 0.05) is 9.13 Å². The van der Waals surface area contributed by atoms with Crippen molar-refractivity contribution in [2.45, 2.75) is 31.2 Å². The quantitative estimate of drug-likeness (QED) is 0.734. The number of rotatable bonds is 2. The molecule has 1 fully saturated rings. The molecule has 7 heteroatoms. The summed E-state index contributed by atoms with van der Waals surface area (Å²) < 4.78 is 6.32. The molecule has 108 valence electrons. The number of hydrogen-bond acceptors (Lipinski definition) is 4. The lowest BCUT2D eigenvalue weighted by molar-refractivity contribution is 0.372. The van der Waals surface area contributed by atoms with Crippen LogP contribution in [0.3, 0.4) is 0 Å². The van der Waals surface area contributed by atoms with E-state index in [-0.39, 0.29) is 12.4 Å². The number of benzene rings is 1. The van der Waals surface area contributed by atoms with E-state index in [1.54, 1.807) is 0 Å². The van der Waals surface area contributed by atoms with Crippen molar-refractivity contribution in [3.63, 3.8) is 0 Å². The number of nitrogens with zero attached hydrogens (tertiary/aromatic N) is 2. The molecule has 0 radical (unpaired) electrons. The Morgan fingerprint density at radius 1 is 1.30 bits per heavy atom. The lowest BCUT2D eigenvalue weighted by Crippen LogP contribution is -2.34. The van der Waals surface area contributed by atoms with E-state index in [0.29, 0.717) is 16.7 Å². The van der Waals surface area contributed by atoms with Crippen LogP contribution in [0.2, 0.25) is 5.02 Å². The van der Waals surface area contributed by atoms with Crippen LogP contribution >= 0.6 is 46.6 Å². The van der Waals surface area contributed by atoms with Gasteiger partial charge in [-0.1, -0.05) is 29.6 Å². The summed E-state index contributed by atoms with van der Waals surface area (Å²) >= 11 is 8.28. The van der Waals surface area contributed by atoms with Crippen LogP contribution in [0.1, 0.15) is 31.5 Å². The van der Waals surface area contributed by atoms with Crippen LogP contribution < -0.4 is 5.73 Å². The number of nitrogens with two attached hydrogens (primary N) is 1. The Labute approximate surface area is 142 Å². The molecule has 0 amide bonds. The monoisotopic (exact) mass is 425 g/mol. The van der Waals surface area contributed by atoms with Crippen molar-refractivity contribution in [1.29, 1.82) is 0 Å². The molecular weight excluding hydrogens is 412 g/mol. The maximum Gasteiger partial charge on any atom is 0.258 e. The molecule has 2 aromatic rings. The van der Waals surface area contributed by atoms with E-state index in [0.717, 1.165) is 34.8 Å². The van der Waals surface area contributed by atoms with Crippen LogP contribution in [-0.2, 0) is 5.54 Å². The van der Waals surface area contributed by atoms with Crippen molar-refractivity contribution in [2.75, 3.05) is 0 Å². The molecule has 20 heavy (non-hydrogen) atoms. The van der Waals surface area contributed by atoms with E-state index in [2.05, 4.69) is 32.7 Å². The number of halogens is 3. The van der Waals surface area contributed by atoms with Gasteiger partial charge in [-0.2, -0.15) is 4.98 Å². The Bertz CT molecular complexity index is 611. The second-order valence-corrected chi connectivity index (χ2v) is 6.48. The summed E-state index contributed by atoms with van der Waals surface area (Å²) in [6, 6.07) is 5.68. The summed E-state index contributed by atoms with van der Waals surface area (Å²) in [6.45, 7) is 0. The zero-order valence-electron chi connectivity index (χ0n) is 10.6. The highest BCUT2D eigenvalue weighted by Crippen LogP contribution is 2.35. The van der Waals surface area contributed by atoms with Crippen molar-refractivity contribution in [3.8, 4) is 11.5 Å². The average Bonchev–Trinajstić information content (AvgIpc) is 3.02. The Balaban J connectivity index is 0.00000147. The maximum atomic E-state index is 6.31. The highest BCUT2D eigenvalue weighted by Gasteiger charge is 2.36. The third-order valence-electron chi connectivity index (χ3n) is 3.53. The Kier molecular flexibility index (Phi) is 4.94. The zero-order valence-corrected chi connectivity index (χ0v) is 14.3. The van der Waals surface area contributed by atoms with E-state index in [1.807, 2.05) is 18.2 Å². The summed E-state index contributed by atoms with van der Waals surface area (Å²) in [6.07, 6.45) is 4.07. The van der Waals surface area contributed by atoms with Gasteiger partial charge in [-0.05, 0) is 53.6 Å². The molecule has 1 heterocycles. The van der Waals surface area contributed by atoms with Gasteiger partial charge in [-0.25, -0.2) is 0 Å². The van der Waals surface area contributed by atoms with Crippen LogP contribution in [0.4, 0.5) is 0 Å². The lowest BCUT2D eigenvalue weighted by Gasteiger charge is -2.17. The first-order chi connectivity index (χ1) is 9.08. The van der Waals surface area contributed by atoms with E-state index in [1.165, 1.54) is 0 Å². The largest absolute Gasteiger partial charge is 0.334 e. The Morgan fingerprint density at radius 2 is 2.00 bits per heavy atom. The van der Waals surface area contributed by atoms with Crippen molar-refractivity contribution in [3.05, 3.63) is 32.6 Å². The first kappa shape index (κ1) is 16.0. The standard InChI is InChI=1S/C13H13ClIN3O.ClH/c14-9-7-8(3-4-10(9)15)11-17-12(18-19-11)13(16)5-1-2-6-13;/h3-4,7H,1-2,5-6,16H2;1H. The molecule has 0 aliphatic heterocycles. The average molecular weight is 426 g/mol. The highest BCUT2D eigenvalue weighted by atomic mass is 127. The molecule has 1 saturated carbocycles. The van der Waals surface area contributed by atoms with E-state index >= 15 is 0 Å². The molecule has 0 unspecified atom stereocenters. The zero-order chi connectivity index (χ0) is 13.5. The van der Waals surface area contributed by atoms with Crippen LogP contribution in [0, 0.1) is 3.57 Å². The molecule has 1 aliphatic rings. The van der Waals surface area contributed by atoms with Gasteiger partial charge in [-0.3, -0.25) is 0 Å². The van der Waals surface area contributed by atoms with Crippen molar-refractivity contribution >= 4 is 46.6 Å². The topological polar surface area (TPSA) is 64.9 Å². The molecule has 1 aromatic heterocycles. The van der Waals surface area contributed by atoms with Gasteiger partial charge >= 0.3 is 0 Å². The molecule has 0 bridgehead atoms. The fourth-order valence-electron chi connectivity index (χ4n) is 2.40. The van der Waals surface area contributed by atoms with Crippen molar-refractivity contribution in [1.82, 2.24) is 10.1 Å². The van der Waals surface area contributed by atoms with Gasteiger partial charge in [0.1, 0.15) is 0 Å². The third-order valence-corrected chi connectivity index (χ3v) is 5.11. The van der Waals surface area contributed by atoms with E-state index in [4.69, 9.17) is 21.9 Å². The molecule has 3 rings (SSSR count). The van der Waals surface area contributed by atoms with Gasteiger partial charge in [0.05, 0.1) is 10.6 Å². The first-order valence-corrected chi connectivity index (χ1v) is 7.63. The summed E-state index contributed by atoms with van der Waals surface area (Å²) in [5.41, 5.74) is 6.72. The highest BCUT2D eigenvalue weighted by molar-refractivity contribution is 14.1. The lowest BCUT2D eigenvalue weighted by atomic mass is 9.99. The molecule has 0 saturated heterocycles. The van der Waals surface area contributed by atoms with E-state index < -0.39 is 5.54 Å². The predicted molar refractivity (Wildman–Crippen MR) is 89.0 cm³/mol. The molecule has 2 N–H and O–H groups in total. The maximum absolute atomic E-state index is 6.31. The van der Waals surface area contributed by atoms with Crippen molar-refractivity contribution < 1.29 is 4.52 Å². The SMILES string of the molecule is Cl.NC1(c2noc(-c3ccc(I)c(Cl)c3)n2)CCCC1. The fourth-order valence-corrected chi connectivity index (χ4v) is 2.92. The summed E-state index contributed by atoms with van der Waals surface area (Å²) in [5, 5.41) is 4.72. The van der Waals surface area contributed by atoms with Gasteiger partial charge < -0.3 is 10.3 Å². The van der Waals surface area contributed by atoms with E-state index in [9.17, 15) is 0 Å². The van der Waals surface area contributed by atoms with Crippen LogP contribution in [0.5, 0.6) is 0 Å². The smallest absolute Gasteiger partial charge is 0.258 e. The molecule has 0 atom stereocenters. The number of hydrogen-bond donors (Lipinski definition) is 1. The molecule has 1 aliphatic carbocycles. The molecular formula is C13H14Cl2IN3O. The molecule has 0 spiro atoms. The van der Waals surface area contributed by atoms with Gasteiger partial charge in [0.25, 0.3) is 5.89 Å². The fraction of sp³-hybridized carbons (Fsp3) is 0.385. The van der Waals surface area contributed by atoms with Gasteiger partial charge in [0.2, 0.25) is 0 Å². The van der Waals surface area contributed by atoms with Gasteiger partial charge in [0.15, 0.2) is 5.82 Å². The van der Waals surface area contributed by atoms with Crippen molar-refractivity contribution in [2.24, 2.45) is 5.73 Å². The van der Waals surface area contributed by atoms with Crippen LogP contribution in [0.25, 0.3) is 11.5 Å². The second-order valence-electron chi connectivity index (χ2n) is 4.92. The van der Waals surface area contributed by atoms with Crippen LogP contribution in [-0.4, -0.2) is 10.1 Å². The number of aromatic nitrogens is 2. The normalized spacial score (nSPS) is 16.9. The summed E-state index contributed by atoms with van der Waals surface area (Å²) in [5.74, 6) is 1.08. The second kappa shape index (κ2) is 6.17. The minimum Gasteiger partial charge on any atom is -0.334 e. The predicted octanol–water partition coefficient (Wildman–Crippen LogP) is 4.14. The first-order valence-electron chi connectivity index (χ1n) is 6.17. The third kappa shape index (κ3) is 2.95. The van der Waals surface area contributed by atoms with Crippen LogP contribution in [0.15, 0.2) is 22.7 Å². The Hall–Kier alpha value is -0.370.